The summed E-state index contributed by atoms with van der Waals surface area (Å²) in [6.07, 6.45) is 4.51. The molecule has 5 nitrogen and oxygen atoms in total. The SMILES string of the molecule is C=CCNc1cnc(C(=O)NCc2ccccc2F)cn1. The number of aromatic nitrogens is 2. The van der Waals surface area contributed by atoms with Gasteiger partial charge in [0.2, 0.25) is 0 Å². The highest BCUT2D eigenvalue weighted by Gasteiger charge is 2.09. The van der Waals surface area contributed by atoms with E-state index < -0.39 is 5.91 Å². The van der Waals surface area contributed by atoms with E-state index in [0.717, 1.165) is 0 Å². The Morgan fingerprint density at radius 2 is 2.10 bits per heavy atom. The lowest BCUT2D eigenvalue weighted by molar-refractivity contribution is 0.0945. The third kappa shape index (κ3) is 4.10. The quantitative estimate of drug-likeness (QED) is 0.798. The molecule has 0 radical (unpaired) electrons. The Labute approximate surface area is 121 Å². The average molecular weight is 286 g/mol. The first-order chi connectivity index (χ1) is 10.2. The van der Waals surface area contributed by atoms with Gasteiger partial charge in [0, 0.05) is 18.7 Å². The number of amides is 1. The number of benzene rings is 1. The van der Waals surface area contributed by atoms with E-state index in [1.54, 1.807) is 24.3 Å². The van der Waals surface area contributed by atoms with E-state index in [2.05, 4.69) is 27.2 Å². The summed E-state index contributed by atoms with van der Waals surface area (Å²) in [5.41, 5.74) is 0.596. The molecule has 21 heavy (non-hydrogen) atoms. The molecule has 2 aromatic rings. The summed E-state index contributed by atoms with van der Waals surface area (Å²) < 4.78 is 13.4. The fraction of sp³-hybridized carbons (Fsp3) is 0.133. The van der Waals surface area contributed by atoms with E-state index in [4.69, 9.17) is 0 Å². The Bertz CT molecular complexity index is 628. The Hall–Kier alpha value is -2.76. The predicted molar refractivity (Wildman–Crippen MR) is 78.3 cm³/mol. The number of carbonyl (C=O) groups excluding carboxylic acids is 1. The van der Waals surface area contributed by atoms with Crippen molar-refractivity contribution in [3.05, 3.63) is 66.4 Å². The van der Waals surface area contributed by atoms with Crippen LogP contribution in [-0.4, -0.2) is 22.4 Å². The second kappa shape index (κ2) is 7.14. The van der Waals surface area contributed by atoms with Crippen molar-refractivity contribution >= 4 is 11.7 Å². The molecule has 0 aliphatic rings. The Morgan fingerprint density at radius 1 is 1.29 bits per heavy atom. The molecule has 0 aliphatic carbocycles. The zero-order valence-corrected chi connectivity index (χ0v) is 11.3. The van der Waals surface area contributed by atoms with Gasteiger partial charge in [0.15, 0.2) is 0 Å². The van der Waals surface area contributed by atoms with Crippen LogP contribution < -0.4 is 10.6 Å². The molecule has 2 N–H and O–H groups in total. The number of anilines is 1. The van der Waals surface area contributed by atoms with Crippen LogP contribution in [0.5, 0.6) is 0 Å². The van der Waals surface area contributed by atoms with Crippen LogP contribution in [0, 0.1) is 5.82 Å². The van der Waals surface area contributed by atoms with Crippen molar-refractivity contribution in [1.29, 1.82) is 0 Å². The number of nitrogens with zero attached hydrogens (tertiary/aromatic N) is 2. The summed E-state index contributed by atoms with van der Waals surface area (Å²) in [7, 11) is 0. The van der Waals surface area contributed by atoms with Gasteiger partial charge in [-0.05, 0) is 6.07 Å². The van der Waals surface area contributed by atoms with Crippen molar-refractivity contribution in [3.8, 4) is 0 Å². The Morgan fingerprint density at radius 3 is 2.76 bits per heavy atom. The van der Waals surface area contributed by atoms with Crippen molar-refractivity contribution in [3.63, 3.8) is 0 Å². The smallest absolute Gasteiger partial charge is 0.271 e. The number of rotatable bonds is 6. The van der Waals surface area contributed by atoms with Gasteiger partial charge >= 0.3 is 0 Å². The van der Waals surface area contributed by atoms with Crippen molar-refractivity contribution in [1.82, 2.24) is 15.3 Å². The van der Waals surface area contributed by atoms with Gasteiger partial charge < -0.3 is 10.6 Å². The Kier molecular flexibility index (Phi) is 4.98. The lowest BCUT2D eigenvalue weighted by atomic mass is 10.2. The molecule has 0 saturated carbocycles. The van der Waals surface area contributed by atoms with Crippen LogP contribution in [0.15, 0.2) is 49.3 Å². The third-order valence-electron chi connectivity index (χ3n) is 2.71. The van der Waals surface area contributed by atoms with E-state index in [1.165, 1.54) is 18.5 Å². The molecule has 0 atom stereocenters. The average Bonchev–Trinajstić information content (AvgIpc) is 2.52. The molecule has 1 heterocycles. The van der Waals surface area contributed by atoms with Gasteiger partial charge in [-0.25, -0.2) is 14.4 Å². The van der Waals surface area contributed by atoms with Crippen LogP contribution in [0.4, 0.5) is 10.2 Å². The topological polar surface area (TPSA) is 66.9 Å². The first kappa shape index (κ1) is 14.6. The second-order valence-corrected chi connectivity index (χ2v) is 4.23. The van der Waals surface area contributed by atoms with E-state index in [0.29, 0.717) is 17.9 Å². The summed E-state index contributed by atoms with van der Waals surface area (Å²) in [6.45, 7) is 4.24. The normalized spacial score (nSPS) is 9.95. The number of nitrogens with one attached hydrogen (secondary N) is 2. The van der Waals surface area contributed by atoms with Crippen molar-refractivity contribution < 1.29 is 9.18 Å². The lowest BCUT2D eigenvalue weighted by Gasteiger charge is -2.06. The molecular weight excluding hydrogens is 271 g/mol. The minimum atomic E-state index is -0.402. The summed E-state index contributed by atoms with van der Waals surface area (Å²) >= 11 is 0. The van der Waals surface area contributed by atoms with Crippen molar-refractivity contribution in [2.24, 2.45) is 0 Å². The standard InChI is InChI=1S/C15H15FN4O/c1-2-7-17-14-10-18-13(9-19-14)15(21)20-8-11-5-3-4-6-12(11)16/h2-6,9-10H,1,7-8H2,(H,17,19)(H,20,21). The first-order valence-corrected chi connectivity index (χ1v) is 6.39. The number of carbonyl (C=O) groups is 1. The number of hydrogen-bond acceptors (Lipinski definition) is 4. The molecule has 1 aromatic carbocycles. The maximum Gasteiger partial charge on any atom is 0.271 e. The molecule has 108 valence electrons. The number of hydrogen-bond donors (Lipinski definition) is 2. The van der Waals surface area contributed by atoms with Crippen molar-refractivity contribution in [2.45, 2.75) is 6.54 Å². The van der Waals surface area contributed by atoms with E-state index in [1.807, 2.05) is 0 Å². The molecule has 0 fully saturated rings. The molecule has 6 heteroatoms. The van der Waals surface area contributed by atoms with Crippen LogP contribution in [-0.2, 0) is 6.54 Å². The molecule has 0 saturated heterocycles. The lowest BCUT2D eigenvalue weighted by Crippen LogP contribution is -2.24. The van der Waals surface area contributed by atoms with Crippen molar-refractivity contribution in [2.75, 3.05) is 11.9 Å². The molecule has 1 aromatic heterocycles. The van der Waals surface area contributed by atoms with Crippen LogP contribution in [0.2, 0.25) is 0 Å². The largest absolute Gasteiger partial charge is 0.365 e. The maximum absolute atomic E-state index is 13.4. The predicted octanol–water partition coefficient (Wildman–Crippen LogP) is 2.14. The van der Waals surface area contributed by atoms with Gasteiger partial charge in [-0.1, -0.05) is 24.3 Å². The molecule has 0 spiro atoms. The summed E-state index contributed by atoms with van der Waals surface area (Å²) in [6, 6.07) is 6.27. The zero-order chi connectivity index (χ0) is 15.1. The molecule has 0 unspecified atom stereocenters. The highest BCUT2D eigenvalue weighted by Crippen LogP contribution is 2.06. The minimum Gasteiger partial charge on any atom is -0.365 e. The Balaban J connectivity index is 1.94. The molecule has 0 bridgehead atoms. The van der Waals surface area contributed by atoms with Gasteiger partial charge in [-0.3, -0.25) is 4.79 Å². The molecular formula is C15H15FN4O. The number of halogens is 1. The highest BCUT2D eigenvalue weighted by atomic mass is 19.1. The third-order valence-corrected chi connectivity index (χ3v) is 2.71. The fourth-order valence-electron chi connectivity index (χ4n) is 1.62. The second-order valence-electron chi connectivity index (χ2n) is 4.23. The molecule has 2 rings (SSSR count). The summed E-state index contributed by atoms with van der Waals surface area (Å²) in [4.78, 5) is 19.9. The summed E-state index contributed by atoms with van der Waals surface area (Å²) in [5, 5.41) is 5.55. The van der Waals surface area contributed by atoms with E-state index >= 15 is 0 Å². The van der Waals surface area contributed by atoms with Crippen LogP contribution in [0.1, 0.15) is 16.1 Å². The maximum atomic E-state index is 13.4. The van der Waals surface area contributed by atoms with Crippen LogP contribution in [0.3, 0.4) is 0 Å². The van der Waals surface area contributed by atoms with Gasteiger partial charge in [-0.15, -0.1) is 6.58 Å². The molecule has 0 aliphatic heterocycles. The van der Waals surface area contributed by atoms with Gasteiger partial charge in [-0.2, -0.15) is 0 Å². The van der Waals surface area contributed by atoms with Gasteiger partial charge in [0.1, 0.15) is 17.3 Å². The van der Waals surface area contributed by atoms with Gasteiger partial charge in [0.25, 0.3) is 5.91 Å². The van der Waals surface area contributed by atoms with E-state index in [9.17, 15) is 9.18 Å². The van der Waals surface area contributed by atoms with Crippen LogP contribution >= 0.6 is 0 Å². The minimum absolute atomic E-state index is 0.101. The van der Waals surface area contributed by atoms with Crippen LogP contribution in [0.25, 0.3) is 0 Å². The molecule has 1 amide bonds. The van der Waals surface area contributed by atoms with Gasteiger partial charge in [0.05, 0.1) is 12.4 Å². The monoisotopic (exact) mass is 286 g/mol. The first-order valence-electron chi connectivity index (χ1n) is 6.39. The highest BCUT2D eigenvalue weighted by molar-refractivity contribution is 5.91. The van der Waals surface area contributed by atoms with E-state index in [-0.39, 0.29) is 18.1 Å². The zero-order valence-electron chi connectivity index (χ0n) is 11.3. The summed E-state index contributed by atoms with van der Waals surface area (Å²) in [5.74, 6) is -0.200. The fourth-order valence-corrected chi connectivity index (χ4v) is 1.62.